The number of nitrogens with one attached hydrogen (secondary N) is 1. The zero-order chi connectivity index (χ0) is 21.7. The van der Waals surface area contributed by atoms with Gasteiger partial charge in [-0.25, -0.2) is 4.79 Å². The summed E-state index contributed by atoms with van der Waals surface area (Å²) in [5.41, 5.74) is 1.69. The number of rotatable bonds is 8. The van der Waals surface area contributed by atoms with Gasteiger partial charge in [-0.3, -0.25) is 4.98 Å². The molecule has 0 amide bonds. The first-order valence-electron chi connectivity index (χ1n) is 10.4. The Labute approximate surface area is 201 Å². The number of carbonyl (C=O) groups is 1. The molecule has 3 rings (SSSR count). The van der Waals surface area contributed by atoms with Crippen LogP contribution in [-0.4, -0.2) is 70.0 Å². The fourth-order valence-electron chi connectivity index (χ4n) is 3.75. The Morgan fingerprint density at radius 3 is 2.56 bits per heavy atom. The average Bonchev–Trinajstić information content (AvgIpc) is 3.03. The van der Waals surface area contributed by atoms with Gasteiger partial charge in [-0.15, -0.1) is 24.8 Å². The molecule has 2 aromatic rings. The molecule has 0 aliphatic carbocycles. The largest absolute Gasteiger partial charge is 0.488 e. The second kappa shape index (κ2) is 12.4. The van der Waals surface area contributed by atoms with E-state index in [2.05, 4.69) is 14.9 Å². The molecular formula is C22H33Cl2N3O5. The molecule has 1 atom stereocenters. The lowest BCUT2D eigenvalue weighted by molar-refractivity contribution is -0.0401. The molecular weight excluding hydrogens is 457 g/mol. The van der Waals surface area contributed by atoms with E-state index in [-0.39, 0.29) is 43.7 Å². The number of piperidine rings is 1. The second-order valence-electron chi connectivity index (χ2n) is 7.81. The number of aliphatic hydroxyl groups excluding tert-OH is 1. The van der Waals surface area contributed by atoms with Gasteiger partial charge in [-0.1, -0.05) is 6.07 Å². The van der Waals surface area contributed by atoms with E-state index in [1.54, 1.807) is 13.1 Å². The van der Waals surface area contributed by atoms with Gasteiger partial charge in [0.05, 0.1) is 12.3 Å². The molecule has 1 fully saturated rings. The quantitative estimate of drug-likeness (QED) is 0.489. The van der Waals surface area contributed by atoms with Gasteiger partial charge in [-0.05, 0) is 45.7 Å². The van der Waals surface area contributed by atoms with Crippen molar-refractivity contribution in [2.45, 2.75) is 45.3 Å². The maximum atomic E-state index is 12.1. The highest BCUT2D eigenvalue weighted by atomic mass is 35.5. The van der Waals surface area contributed by atoms with Crippen LogP contribution in [0.2, 0.25) is 0 Å². The molecule has 1 unspecified atom stereocenters. The Balaban J connectivity index is 0.00000256. The first-order valence-corrected chi connectivity index (χ1v) is 10.4. The van der Waals surface area contributed by atoms with Gasteiger partial charge in [0.15, 0.2) is 11.4 Å². The Kier molecular flexibility index (Phi) is 10.9. The monoisotopic (exact) mass is 489 g/mol. The maximum Gasteiger partial charge on any atom is 0.358 e. The zero-order valence-electron chi connectivity index (χ0n) is 18.7. The van der Waals surface area contributed by atoms with Gasteiger partial charge < -0.3 is 29.6 Å². The Hall–Kier alpha value is -1.84. The highest BCUT2D eigenvalue weighted by Crippen LogP contribution is 2.31. The van der Waals surface area contributed by atoms with Gasteiger partial charge in [0.1, 0.15) is 18.3 Å². The standard InChI is InChI=1S/C22H31N3O5.2ClH/c1-4-29-21(27)19-20(15(2)16(3)24-19)30-14-17(26)13-25-11-8-22(28,9-12-25)18-7-5-6-10-23-18;;/h5-7,10,17,24,26,28H,4,8-9,11-14H2,1-3H3;2*1H. The third-order valence-corrected chi connectivity index (χ3v) is 5.64. The summed E-state index contributed by atoms with van der Waals surface area (Å²) in [4.78, 5) is 21.5. The summed E-state index contributed by atoms with van der Waals surface area (Å²) in [5, 5.41) is 21.4. The number of likely N-dealkylation sites (tertiary alicyclic amines) is 1. The van der Waals surface area contributed by atoms with E-state index in [1.165, 1.54) is 0 Å². The van der Waals surface area contributed by atoms with E-state index >= 15 is 0 Å². The van der Waals surface area contributed by atoms with Crippen LogP contribution in [0.5, 0.6) is 5.75 Å². The molecule has 180 valence electrons. The molecule has 0 saturated carbocycles. The minimum Gasteiger partial charge on any atom is -0.488 e. The third-order valence-electron chi connectivity index (χ3n) is 5.64. The topological polar surface area (TPSA) is 108 Å². The van der Waals surface area contributed by atoms with E-state index in [9.17, 15) is 15.0 Å². The number of esters is 1. The fourth-order valence-corrected chi connectivity index (χ4v) is 3.75. The van der Waals surface area contributed by atoms with E-state index in [0.29, 0.717) is 43.9 Å². The van der Waals surface area contributed by atoms with Crippen molar-refractivity contribution in [3.8, 4) is 5.75 Å². The summed E-state index contributed by atoms with van der Waals surface area (Å²) >= 11 is 0. The molecule has 0 aromatic carbocycles. The number of halogens is 2. The highest BCUT2D eigenvalue weighted by Gasteiger charge is 2.35. The summed E-state index contributed by atoms with van der Waals surface area (Å²) in [6.07, 6.45) is 2.08. The minimum absolute atomic E-state index is 0. The van der Waals surface area contributed by atoms with Crippen molar-refractivity contribution in [2.24, 2.45) is 0 Å². The molecule has 1 saturated heterocycles. The molecule has 2 aromatic heterocycles. The van der Waals surface area contributed by atoms with Crippen LogP contribution in [0, 0.1) is 13.8 Å². The van der Waals surface area contributed by atoms with Gasteiger partial charge in [0.25, 0.3) is 0 Å². The number of ether oxygens (including phenoxy) is 2. The molecule has 1 aliphatic rings. The number of hydrogen-bond donors (Lipinski definition) is 3. The average molecular weight is 490 g/mol. The number of aromatic nitrogens is 2. The van der Waals surface area contributed by atoms with Crippen molar-refractivity contribution in [3.05, 3.63) is 47.0 Å². The first kappa shape index (κ1) is 28.2. The van der Waals surface area contributed by atoms with Crippen LogP contribution in [-0.2, 0) is 10.3 Å². The van der Waals surface area contributed by atoms with E-state index in [1.807, 2.05) is 32.0 Å². The zero-order valence-corrected chi connectivity index (χ0v) is 20.3. The van der Waals surface area contributed by atoms with Crippen LogP contribution in [0.15, 0.2) is 24.4 Å². The molecule has 8 nitrogen and oxygen atoms in total. The lowest BCUT2D eigenvalue weighted by atomic mass is 9.87. The number of hydrogen-bond acceptors (Lipinski definition) is 7. The highest BCUT2D eigenvalue weighted by molar-refractivity contribution is 5.91. The number of aryl methyl sites for hydroxylation is 1. The van der Waals surface area contributed by atoms with Crippen LogP contribution in [0.25, 0.3) is 0 Å². The summed E-state index contributed by atoms with van der Waals surface area (Å²) in [6, 6.07) is 5.56. The number of β-amino-alcohol motifs (C(OH)–C–C–N with tert-alkyl or cyclic N) is 1. The van der Waals surface area contributed by atoms with Crippen LogP contribution >= 0.6 is 24.8 Å². The second-order valence-corrected chi connectivity index (χ2v) is 7.81. The number of pyridine rings is 1. The molecule has 3 heterocycles. The Bertz CT molecular complexity index is 855. The smallest absolute Gasteiger partial charge is 0.358 e. The first-order chi connectivity index (χ1) is 14.3. The SMILES string of the molecule is CCOC(=O)c1[nH]c(C)c(C)c1OCC(O)CN1CCC(O)(c2ccccn2)CC1.Cl.Cl. The maximum absolute atomic E-state index is 12.1. The van der Waals surface area contributed by atoms with E-state index in [0.717, 1.165) is 11.3 Å². The molecule has 32 heavy (non-hydrogen) atoms. The van der Waals surface area contributed by atoms with Crippen LogP contribution in [0.4, 0.5) is 0 Å². The van der Waals surface area contributed by atoms with Gasteiger partial charge in [-0.2, -0.15) is 0 Å². The van der Waals surface area contributed by atoms with Gasteiger partial charge in [0.2, 0.25) is 0 Å². The van der Waals surface area contributed by atoms with E-state index in [4.69, 9.17) is 9.47 Å². The molecule has 0 spiro atoms. The lowest BCUT2D eigenvalue weighted by Crippen LogP contribution is -2.46. The molecule has 3 N–H and O–H groups in total. The van der Waals surface area contributed by atoms with Crippen LogP contribution in [0.1, 0.15) is 47.2 Å². The molecule has 0 bridgehead atoms. The summed E-state index contributed by atoms with van der Waals surface area (Å²) in [7, 11) is 0. The number of nitrogens with zero attached hydrogens (tertiary/aromatic N) is 2. The Morgan fingerprint density at radius 1 is 1.28 bits per heavy atom. The Morgan fingerprint density at radius 2 is 1.97 bits per heavy atom. The molecule has 10 heteroatoms. The van der Waals surface area contributed by atoms with E-state index < -0.39 is 17.7 Å². The van der Waals surface area contributed by atoms with Crippen molar-refractivity contribution in [2.75, 3.05) is 32.8 Å². The summed E-state index contributed by atoms with van der Waals surface area (Å²) in [5.74, 6) is -0.0452. The third kappa shape index (κ3) is 6.59. The summed E-state index contributed by atoms with van der Waals surface area (Å²) < 4.78 is 10.9. The molecule has 1 aliphatic heterocycles. The van der Waals surface area contributed by atoms with Gasteiger partial charge >= 0.3 is 5.97 Å². The number of aliphatic hydroxyl groups is 2. The minimum atomic E-state index is -0.923. The van der Waals surface area contributed by atoms with Crippen molar-refractivity contribution in [1.29, 1.82) is 0 Å². The van der Waals surface area contributed by atoms with Crippen molar-refractivity contribution >= 4 is 30.8 Å². The number of aromatic amines is 1. The fraction of sp³-hybridized carbons (Fsp3) is 0.545. The normalized spacial score (nSPS) is 16.4. The van der Waals surface area contributed by atoms with Crippen LogP contribution < -0.4 is 4.74 Å². The van der Waals surface area contributed by atoms with Crippen molar-refractivity contribution in [3.63, 3.8) is 0 Å². The van der Waals surface area contributed by atoms with Crippen LogP contribution in [0.3, 0.4) is 0 Å². The predicted molar refractivity (Wildman–Crippen MR) is 126 cm³/mol. The number of H-pyrrole nitrogens is 1. The van der Waals surface area contributed by atoms with Crippen molar-refractivity contribution < 1.29 is 24.5 Å². The lowest BCUT2D eigenvalue weighted by Gasteiger charge is -2.38. The number of carbonyl (C=O) groups excluding carboxylic acids is 1. The molecule has 0 radical (unpaired) electrons. The van der Waals surface area contributed by atoms with Crippen molar-refractivity contribution in [1.82, 2.24) is 14.9 Å². The predicted octanol–water partition coefficient (Wildman–Crippen LogP) is 2.77. The van der Waals surface area contributed by atoms with Gasteiger partial charge in [0, 0.05) is 37.1 Å². The summed E-state index contributed by atoms with van der Waals surface area (Å²) in [6.45, 7) is 7.54.